The molecule has 0 spiro atoms. The van der Waals surface area contributed by atoms with Crippen molar-refractivity contribution in [2.24, 2.45) is 5.10 Å². The van der Waals surface area contributed by atoms with Crippen LogP contribution in [0.25, 0.3) is 0 Å². The van der Waals surface area contributed by atoms with Gasteiger partial charge < -0.3 is 9.64 Å². The second-order valence-corrected chi connectivity index (χ2v) is 9.38. The van der Waals surface area contributed by atoms with Crippen molar-refractivity contribution in [2.45, 2.75) is 52.5 Å². The van der Waals surface area contributed by atoms with Crippen molar-refractivity contribution in [3.63, 3.8) is 0 Å². The van der Waals surface area contributed by atoms with Gasteiger partial charge in [-0.2, -0.15) is 5.10 Å². The fourth-order valence-electron chi connectivity index (χ4n) is 4.30. The van der Waals surface area contributed by atoms with Crippen molar-refractivity contribution in [1.82, 2.24) is 5.43 Å². The van der Waals surface area contributed by atoms with Crippen LogP contribution in [0.4, 0.5) is 5.69 Å². The number of ether oxygens (including phenoxy) is 1. The van der Waals surface area contributed by atoms with Crippen LogP contribution in [0.1, 0.15) is 56.7 Å². The molecule has 3 rings (SSSR count). The van der Waals surface area contributed by atoms with Crippen LogP contribution in [0.3, 0.4) is 0 Å². The normalized spacial score (nSPS) is 17.7. The van der Waals surface area contributed by atoms with Crippen LogP contribution in [0.2, 0.25) is 0 Å². The van der Waals surface area contributed by atoms with E-state index >= 15 is 0 Å². The Kier molecular flexibility index (Phi) is 6.86. The van der Waals surface area contributed by atoms with Crippen LogP contribution in [0.15, 0.2) is 46.0 Å². The zero-order valence-corrected chi connectivity index (χ0v) is 19.9. The van der Waals surface area contributed by atoms with E-state index in [2.05, 4.69) is 78.1 Å². The number of halogens is 1. The van der Waals surface area contributed by atoms with Crippen LogP contribution in [0, 0.1) is 6.92 Å². The first kappa shape index (κ1) is 22.3. The number of fused-ring (bicyclic) bond motifs is 1. The molecular weight excluding hydrogens is 442 g/mol. The third-order valence-electron chi connectivity index (χ3n) is 5.65. The van der Waals surface area contributed by atoms with E-state index in [0.29, 0.717) is 11.7 Å². The van der Waals surface area contributed by atoms with Gasteiger partial charge in [-0.1, -0.05) is 28.9 Å². The molecule has 6 heteroatoms. The first-order valence-corrected chi connectivity index (χ1v) is 11.1. The molecule has 30 heavy (non-hydrogen) atoms. The molecule has 1 aliphatic rings. The van der Waals surface area contributed by atoms with Crippen LogP contribution < -0.4 is 15.1 Å². The molecule has 1 unspecified atom stereocenters. The minimum absolute atomic E-state index is 0.0887. The molecule has 0 bridgehead atoms. The van der Waals surface area contributed by atoms with Crippen molar-refractivity contribution in [1.29, 1.82) is 0 Å². The molecule has 1 amide bonds. The van der Waals surface area contributed by atoms with Gasteiger partial charge in [-0.3, -0.25) is 4.79 Å². The highest BCUT2D eigenvalue weighted by Crippen LogP contribution is 2.43. The third kappa shape index (κ3) is 5.04. The second kappa shape index (κ2) is 9.21. The SMILES string of the molecule is CCN1c2cc(C)c(/C=N/NC(=O)COc3cccc(Br)c3)cc2C(C)CC1(C)C. The fraction of sp³-hybridized carbons (Fsp3) is 0.417. The lowest BCUT2D eigenvalue weighted by Gasteiger charge is -2.47. The van der Waals surface area contributed by atoms with E-state index in [1.807, 2.05) is 18.2 Å². The van der Waals surface area contributed by atoms with Crippen LogP contribution in [-0.4, -0.2) is 30.8 Å². The van der Waals surface area contributed by atoms with E-state index in [9.17, 15) is 4.79 Å². The van der Waals surface area contributed by atoms with Gasteiger partial charge in [-0.25, -0.2) is 5.43 Å². The molecule has 2 aromatic rings. The summed E-state index contributed by atoms with van der Waals surface area (Å²) in [5.41, 5.74) is 7.50. The molecule has 1 N–H and O–H groups in total. The number of hydrogen-bond acceptors (Lipinski definition) is 4. The van der Waals surface area contributed by atoms with Gasteiger partial charge in [0.2, 0.25) is 0 Å². The van der Waals surface area contributed by atoms with Gasteiger partial charge in [-0.05, 0) is 87.1 Å². The Morgan fingerprint density at radius 3 is 2.83 bits per heavy atom. The molecule has 5 nitrogen and oxygen atoms in total. The largest absolute Gasteiger partial charge is 0.484 e. The van der Waals surface area contributed by atoms with Crippen LogP contribution in [-0.2, 0) is 4.79 Å². The highest BCUT2D eigenvalue weighted by Gasteiger charge is 2.35. The Morgan fingerprint density at radius 1 is 1.37 bits per heavy atom. The van der Waals surface area contributed by atoms with Crippen LogP contribution in [0.5, 0.6) is 5.75 Å². The Bertz CT molecular complexity index is 955. The molecule has 0 radical (unpaired) electrons. The lowest BCUT2D eigenvalue weighted by molar-refractivity contribution is -0.123. The molecule has 2 aromatic carbocycles. The summed E-state index contributed by atoms with van der Waals surface area (Å²) in [5.74, 6) is 0.805. The second-order valence-electron chi connectivity index (χ2n) is 8.47. The standard InChI is InChI=1S/C24H30BrN3O2/c1-6-28-22-10-16(2)18(11-21(22)17(3)13-24(28,4)5)14-26-27-23(29)15-30-20-9-7-8-19(25)12-20/h7-12,14,17H,6,13,15H2,1-5H3,(H,27,29)/b26-14+. The smallest absolute Gasteiger partial charge is 0.277 e. The number of hydrogen-bond donors (Lipinski definition) is 1. The fourth-order valence-corrected chi connectivity index (χ4v) is 4.68. The van der Waals surface area contributed by atoms with Crippen molar-refractivity contribution in [3.8, 4) is 5.75 Å². The lowest BCUT2D eigenvalue weighted by Crippen LogP contribution is -2.48. The van der Waals surface area contributed by atoms with E-state index in [1.165, 1.54) is 11.3 Å². The first-order chi connectivity index (χ1) is 14.2. The molecule has 0 aliphatic carbocycles. The van der Waals surface area contributed by atoms with E-state index in [4.69, 9.17) is 4.74 Å². The zero-order valence-electron chi connectivity index (χ0n) is 18.3. The number of anilines is 1. The molecule has 1 heterocycles. The predicted molar refractivity (Wildman–Crippen MR) is 127 cm³/mol. The quantitative estimate of drug-likeness (QED) is 0.453. The van der Waals surface area contributed by atoms with Gasteiger partial charge in [-0.15, -0.1) is 0 Å². The number of nitrogens with zero attached hydrogens (tertiary/aromatic N) is 2. The van der Waals surface area contributed by atoms with Gasteiger partial charge in [0.15, 0.2) is 6.61 Å². The highest BCUT2D eigenvalue weighted by molar-refractivity contribution is 9.10. The van der Waals surface area contributed by atoms with Gasteiger partial charge in [0.25, 0.3) is 5.91 Å². The summed E-state index contributed by atoms with van der Waals surface area (Å²) in [7, 11) is 0. The van der Waals surface area contributed by atoms with Crippen molar-refractivity contribution < 1.29 is 9.53 Å². The summed E-state index contributed by atoms with van der Waals surface area (Å²) in [6.07, 6.45) is 2.83. The number of benzene rings is 2. The van der Waals surface area contributed by atoms with Gasteiger partial charge in [0.1, 0.15) is 5.75 Å². The Balaban J connectivity index is 1.67. The van der Waals surface area contributed by atoms with E-state index in [0.717, 1.165) is 28.6 Å². The van der Waals surface area contributed by atoms with Crippen LogP contribution >= 0.6 is 15.9 Å². The lowest BCUT2D eigenvalue weighted by atomic mass is 9.79. The summed E-state index contributed by atoms with van der Waals surface area (Å²) in [6, 6.07) is 11.8. The Hall–Kier alpha value is -2.34. The minimum atomic E-state index is -0.297. The maximum Gasteiger partial charge on any atom is 0.277 e. The molecule has 1 aliphatic heterocycles. The maximum atomic E-state index is 12.0. The first-order valence-electron chi connectivity index (χ1n) is 10.3. The van der Waals surface area contributed by atoms with Gasteiger partial charge in [0.05, 0.1) is 6.21 Å². The molecule has 1 atom stereocenters. The Labute approximate surface area is 187 Å². The summed E-state index contributed by atoms with van der Waals surface area (Å²) in [5, 5.41) is 4.15. The summed E-state index contributed by atoms with van der Waals surface area (Å²) in [6.45, 7) is 12.1. The number of carbonyl (C=O) groups is 1. The molecule has 0 saturated heterocycles. The summed E-state index contributed by atoms with van der Waals surface area (Å²) < 4.78 is 6.39. The number of rotatable bonds is 6. The number of aryl methyl sites for hydroxylation is 1. The van der Waals surface area contributed by atoms with Gasteiger partial charge in [0, 0.05) is 22.2 Å². The molecule has 0 saturated carbocycles. The Morgan fingerprint density at radius 2 is 2.13 bits per heavy atom. The number of hydrazone groups is 1. The maximum absolute atomic E-state index is 12.0. The number of carbonyl (C=O) groups excluding carboxylic acids is 1. The number of amides is 1. The summed E-state index contributed by atoms with van der Waals surface area (Å²) in [4.78, 5) is 14.5. The van der Waals surface area contributed by atoms with Gasteiger partial charge >= 0.3 is 0 Å². The molecule has 160 valence electrons. The van der Waals surface area contributed by atoms with Crippen molar-refractivity contribution >= 4 is 33.7 Å². The zero-order chi connectivity index (χ0) is 21.9. The summed E-state index contributed by atoms with van der Waals surface area (Å²) >= 11 is 3.38. The van der Waals surface area contributed by atoms with Crippen molar-refractivity contribution in [2.75, 3.05) is 18.1 Å². The molecule has 0 fully saturated rings. The predicted octanol–water partition coefficient (Wildman–Crippen LogP) is 5.40. The highest BCUT2D eigenvalue weighted by atomic mass is 79.9. The average molecular weight is 472 g/mol. The third-order valence-corrected chi connectivity index (χ3v) is 6.14. The topological polar surface area (TPSA) is 53.9 Å². The average Bonchev–Trinajstić information content (AvgIpc) is 2.67. The molecule has 0 aromatic heterocycles. The molecular formula is C24H30BrN3O2. The minimum Gasteiger partial charge on any atom is -0.484 e. The van der Waals surface area contributed by atoms with Crippen molar-refractivity contribution in [3.05, 3.63) is 57.6 Å². The number of nitrogens with one attached hydrogen (secondary N) is 1. The monoisotopic (exact) mass is 471 g/mol. The van der Waals surface area contributed by atoms with E-state index in [1.54, 1.807) is 12.3 Å². The van der Waals surface area contributed by atoms with E-state index in [-0.39, 0.29) is 18.1 Å². The van der Waals surface area contributed by atoms with E-state index < -0.39 is 0 Å².